The second-order valence-corrected chi connectivity index (χ2v) is 9.96. The van der Waals surface area contributed by atoms with Gasteiger partial charge in [-0.25, -0.2) is 9.59 Å². The molecule has 0 unspecified atom stereocenters. The van der Waals surface area contributed by atoms with Gasteiger partial charge < -0.3 is 19.8 Å². The molecule has 8 nitrogen and oxygen atoms in total. The number of likely N-dealkylation sites (tertiary alicyclic amines) is 1. The van der Waals surface area contributed by atoms with Gasteiger partial charge in [-0.3, -0.25) is 9.80 Å². The smallest absolute Gasteiger partial charge is 0.416 e. The first-order valence-corrected chi connectivity index (χ1v) is 12.7. The lowest BCUT2D eigenvalue weighted by molar-refractivity contribution is -0.137. The summed E-state index contributed by atoms with van der Waals surface area (Å²) in [7, 11) is 0. The van der Waals surface area contributed by atoms with Gasteiger partial charge in [0.2, 0.25) is 0 Å². The van der Waals surface area contributed by atoms with Crippen LogP contribution in [0, 0.1) is 0 Å². The number of carbonyl (C=O) groups is 2. The van der Waals surface area contributed by atoms with E-state index in [-0.39, 0.29) is 18.7 Å². The molecule has 2 saturated heterocycles. The van der Waals surface area contributed by atoms with Gasteiger partial charge in [0.1, 0.15) is 11.4 Å². The zero-order valence-electron chi connectivity index (χ0n) is 21.2. The third-order valence-electron chi connectivity index (χ3n) is 7.08. The molecule has 39 heavy (non-hydrogen) atoms. The maximum Gasteiger partial charge on any atom is 0.416 e. The molecule has 3 heterocycles. The number of amides is 3. The SMILES string of the molecule is O=C(NCc1ccco1)Nc1ccc(CN2CC3(CCN(Cc4ccc(C(F)(F)F)cc4)CC3)OC2=O)cc1. The number of carbonyl (C=O) groups excluding carboxylic acids is 2. The van der Waals surface area contributed by atoms with E-state index in [1.165, 1.54) is 12.1 Å². The van der Waals surface area contributed by atoms with E-state index in [2.05, 4.69) is 15.5 Å². The van der Waals surface area contributed by atoms with E-state index in [1.807, 2.05) is 12.1 Å². The van der Waals surface area contributed by atoms with Crippen molar-refractivity contribution in [2.75, 3.05) is 25.0 Å². The van der Waals surface area contributed by atoms with Gasteiger partial charge >= 0.3 is 18.3 Å². The van der Waals surface area contributed by atoms with Crippen molar-refractivity contribution in [2.24, 2.45) is 0 Å². The van der Waals surface area contributed by atoms with Crippen LogP contribution in [0.2, 0.25) is 0 Å². The lowest BCUT2D eigenvalue weighted by atomic mass is 9.91. The standard InChI is InChI=1S/C28H29F3N4O4/c29-28(30,31)22-7-3-20(4-8-22)17-34-13-11-27(12-14-34)19-35(26(37)39-27)18-21-5-9-23(10-6-21)33-25(36)32-16-24-2-1-15-38-24/h1-10,15H,11-14,16-19H2,(H2,32,33,36). The first-order valence-electron chi connectivity index (χ1n) is 12.7. The lowest BCUT2D eigenvalue weighted by Crippen LogP contribution is -2.46. The molecule has 5 rings (SSSR count). The normalized spacial score (nSPS) is 17.3. The second-order valence-electron chi connectivity index (χ2n) is 9.96. The third kappa shape index (κ3) is 6.72. The molecule has 0 saturated carbocycles. The molecule has 3 aromatic rings. The molecule has 2 fully saturated rings. The van der Waals surface area contributed by atoms with E-state index in [0.29, 0.717) is 57.0 Å². The Morgan fingerprint density at radius 2 is 1.62 bits per heavy atom. The number of benzene rings is 2. The predicted octanol–water partition coefficient (Wildman–Crippen LogP) is 5.61. The number of alkyl halides is 3. The highest BCUT2D eigenvalue weighted by atomic mass is 19.4. The molecule has 2 aliphatic rings. The van der Waals surface area contributed by atoms with E-state index in [0.717, 1.165) is 23.3 Å². The molecule has 0 radical (unpaired) electrons. The number of urea groups is 1. The zero-order chi connectivity index (χ0) is 27.5. The highest BCUT2D eigenvalue weighted by Gasteiger charge is 2.46. The molecule has 2 aromatic carbocycles. The van der Waals surface area contributed by atoms with Gasteiger partial charge in [-0.15, -0.1) is 0 Å². The number of nitrogens with one attached hydrogen (secondary N) is 2. The number of hydrogen-bond donors (Lipinski definition) is 2. The Hall–Kier alpha value is -3.99. The minimum atomic E-state index is -4.34. The van der Waals surface area contributed by atoms with Crippen LogP contribution in [0.4, 0.5) is 28.4 Å². The fraction of sp³-hybridized carbons (Fsp3) is 0.357. The third-order valence-corrected chi connectivity index (χ3v) is 7.08. The maximum absolute atomic E-state index is 12.8. The van der Waals surface area contributed by atoms with Crippen LogP contribution in [-0.2, 0) is 30.5 Å². The summed E-state index contributed by atoms with van der Waals surface area (Å²) in [5.41, 5.74) is 1.14. The number of nitrogens with zero attached hydrogens (tertiary/aromatic N) is 2. The topological polar surface area (TPSA) is 87.1 Å². The van der Waals surface area contributed by atoms with E-state index in [9.17, 15) is 22.8 Å². The quantitative estimate of drug-likeness (QED) is 0.406. The highest BCUT2D eigenvalue weighted by molar-refractivity contribution is 5.89. The molecule has 0 bridgehead atoms. The minimum Gasteiger partial charge on any atom is -0.467 e. The number of halogens is 3. The monoisotopic (exact) mass is 542 g/mol. The van der Waals surface area contributed by atoms with Crippen molar-refractivity contribution < 1.29 is 31.9 Å². The minimum absolute atomic E-state index is 0.280. The van der Waals surface area contributed by atoms with Crippen LogP contribution in [0.15, 0.2) is 71.3 Å². The number of anilines is 1. The fourth-order valence-corrected chi connectivity index (χ4v) is 4.92. The van der Waals surface area contributed by atoms with Crippen LogP contribution in [0.3, 0.4) is 0 Å². The summed E-state index contributed by atoms with van der Waals surface area (Å²) in [6.07, 6.45) is -1.84. The van der Waals surface area contributed by atoms with Crippen molar-refractivity contribution in [3.8, 4) is 0 Å². The number of rotatable bonds is 7. The van der Waals surface area contributed by atoms with E-state index >= 15 is 0 Å². The maximum atomic E-state index is 12.8. The van der Waals surface area contributed by atoms with Crippen LogP contribution >= 0.6 is 0 Å². The van der Waals surface area contributed by atoms with E-state index in [1.54, 1.807) is 35.4 Å². The molecule has 0 aliphatic carbocycles. The largest absolute Gasteiger partial charge is 0.467 e. The summed E-state index contributed by atoms with van der Waals surface area (Å²) in [6.45, 7) is 3.07. The number of piperidine rings is 1. The molecule has 2 N–H and O–H groups in total. The molecule has 2 aliphatic heterocycles. The second kappa shape index (κ2) is 11.0. The lowest BCUT2D eigenvalue weighted by Gasteiger charge is -2.37. The first kappa shape index (κ1) is 26.6. The molecule has 3 amide bonds. The Morgan fingerprint density at radius 3 is 2.26 bits per heavy atom. The van der Waals surface area contributed by atoms with Crippen LogP contribution in [0.1, 0.15) is 35.3 Å². The summed E-state index contributed by atoms with van der Waals surface area (Å²) in [5, 5.41) is 5.47. The van der Waals surface area contributed by atoms with Gasteiger partial charge in [0.15, 0.2) is 0 Å². The Bertz CT molecular complexity index is 1270. The zero-order valence-corrected chi connectivity index (χ0v) is 21.2. The number of furan rings is 1. The summed E-state index contributed by atoms with van der Waals surface area (Å²) in [4.78, 5) is 28.6. The van der Waals surface area contributed by atoms with Crippen LogP contribution < -0.4 is 10.6 Å². The first-order chi connectivity index (χ1) is 18.7. The van der Waals surface area contributed by atoms with E-state index in [4.69, 9.17) is 9.15 Å². The molecule has 206 valence electrons. The van der Waals surface area contributed by atoms with Crippen molar-refractivity contribution in [3.05, 3.63) is 89.4 Å². The van der Waals surface area contributed by atoms with Crippen molar-refractivity contribution in [1.29, 1.82) is 0 Å². The van der Waals surface area contributed by atoms with Gasteiger partial charge in [-0.2, -0.15) is 13.2 Å². The Kier molecular flexibility index (Phi) is 7.51. The predicted molar refractivity (Wildman–Crippen MR) is 137 cm³/mol. The van der Waals surface area contributed by atoms with Gasteiger partial charge in [-0.1, -0.05) is 24.3 Å². The van der Waals surface area contributed by atoms with Crippen LogP contribution in [0.25, 0.3) is 0 Å². The van der Waals surface area contributed by atoms with Gasteiger partial charge in [0.05, 0.1) is 24.9 Å². The summed E-state index contributed by atoms with van der Waals surface area (Å²) in [5.74, 6) is 0.653. The van der Waals surface area contributed by atoms with Crippen molar-refractivity contribution in [3.63, 3.8) is 0 Å². The van der Waals surface area contributed by atoms with Crippen LogP contribution in [-0.4, -0.2) is 47.2 Å². The average molecular weight is 543 g/mol. The van der Waals surface area contributed by atoms with Crippen LogP contribution in [0.5, 0.6) is 0 Å². The molecule has 1 aromatic heterocycles. The Morgan fingerprint density at radius 1 is 0.949 bits per heavy atom. The molecular weight excluding hydrogens is 513 g/mol. The van der Waals surface area contributed by atoms with Gasteiger partial charge in [-0.05, 0) is 47.5 Å². The molecular formula is C28H29F3N4O4. The average Bonchev–Trinajstić information content (AvgIpc) is 3.53. The molecule has 0 atom stereocenters. The summed E-state index contributed by atoms with van der Waals surface area (Å²) >= 11 is 0. The molecule has 1 spiro atoms. The highest BCUT2D eigenvalue weighted by Crippen LogP contribution is 2.35. The number of ether oxygens (including phenoxy) is 1. The summed E-state index contributed by atoms with van der Waals surface area (Å²) in [6, 6.07) is 15.7. The fourth-order valence-electron chi connectivity index (χ4n) is 4.92. The number of hydrogen-bond acceptors (Lipinski definition) is 5. The Balaban J connectivity index is 1.08. The van der Waals surface area contributed by atoms with Crippen molar-refractivity contribution in [1.82, 2.24) is 15.1 Å². The molecule has 11 heteroatoms. The summed E-state index contributed by atoms with van der Waals surface area (Å²) < 4.78 is 49.4. The van der Waals surface area contributed by atoms with E-state index < -0.39 is 17.3 Å². The van der Waals surface area contributed by atoms with Crippen molar-refractivity contribution >= 4 is 17.8 Å². The van der Waals surface area contributed by atoms with Crippen molar-refractivity contribution in [2.45, 2.75) is 44.3 Å². The Labute approximate surface area is 223 Å². The van der Waals surface area contributed by atoms with Gasteiger partial charge in [0.25, 0.3) is 0 Å². The van der Waals surface area contributed by atoms with Gasteiger partial charge in [0, 0.05) is 44.7 Å².